The fourth-order valence-electron chi connectivity index (χ4n) is 2.87. The predicted octanol–water partition coefficient (Wildman–Crippen LogP) is 5.30. The zero-order chi connectivity index (χ0) is 24.1. The minimum absolute atomic E-state index is 0.0806. The molecule has 0 heterocycles. The molecule has 0 radical (unpaired) electrons. The molecule has 0 bridgehead atoms. The van der Waals surface area contributed by atoms with Crippen LogP contribution >= 0.6 is 11.6 Å². The molecule has 0 saturated carbocycles. The van der Waals surface area contributed by atoms with E-state index in [0.29, 0.717) is 11.5 Å². The first-order valence-electron chi connectivity index (χ1n) is 10.7. The van der Waals surface area contributed by atoms with E-state index >= 15 is 0 Å². The van der Waals surface area contributed by atoms with E-state index in [1.165, 1.54) is 6.92 Å². The molecule has 2 aromatic rings. The highest BCUT2D eigenvalue weighted by Crippen LogP contribution is 2.33. The highest BCUT2D eigenvalue weighted by atomic mass is 35.5. The lowest BCUT2D eigenvalue weighted by Crippen LogP contribution is -2.25. The van der Waals surface area contributed by atoms with Gasteiger partial charge >= 0.3 is 5.97 Å². The number of halogens is 2. The number of esters is 1. The molecule has 0 saturated heterocycles. The van der Waals surface area contributed by atoms with E-state index in [4.69, 9.17) is 25.8 Å². The number of ether oxygens (including phenoxy) is 3. The molecule has 2 unspecified atom stereocenters. The summed E-state index contributed by atoms with van der Waals surface area (Å²) in [7, 11) is 0. The van der Waals surface area contributed by atoms with E-state index in [9.17, 15) is 14.3 Å². The third-order valence-electron chi connectivity index (χ3n) is 4.71. The van der Waals surface area contributed by atoms with Gasteiger partial charge in [0, 0.05) is 12.3 Å². The van der Waals surface area contributed by atoms with Crippen LogP contribution < -0.4 is 9.47 Å². The predicted molar refractivity (Wildman–Crippen MR) is 126 cm³/mol. The van der Waals surface area contributed by atoms with Gasteiger partial charge in [-0.15, -0.1) is 11.6 Å². The minimum atomic E-state index is -1.12. The summed E-state index contributed by atoms with van der Waals surface area (Å²) in [4.78, 5) is 11.0. The van der Waals surface area contributed by atoms with Crippen molar-refractivity contribution in [1.29, 1.82) is 0 Å². The number of carbonyl (C=O) groups is 1. The number of aliphatic hydroxyl groups excluding tert-OH is 1. The van der Waals surface area contributed by atoms with E-state index in [1.807, 2.05) is 50.2 Å². The third kappa shape index (κ3) is 8.67. The Morgan fingerprint density at radius 3 is 1.78 bits per heavy atom. The van der Waals surface area contributed by atoms with Crippen LogP contribution in [-0.4, -0.2) is 49.1 Å². The van der Waals surface area contributed by atoms with Crippen molar-refractivity contribution in [3.63, 3.8) is 0 Å². The summed E-state index contributed by atoms with van der Waals surface area (Å²) in [5.74, 6) is 1.01. The Kier molecular flexibility index (Phi) is 12.1. The molecule has 2 atom stereocenters. The van der Waals surface area contributed by atoms with Gasteiger partial charge in [-0.3, -0.25) is 4.79 Å². The maximum atomic E-state index is 12.3. The van der Waals surface area contributed by atoms with Gasteiger partial charge in [-0.2, -0.15) is 0 Å². The molecule has 0 aliphatic heterocycles. The molecule has 0 aliphatic carbocycles. The highest BCUT2D eigenvalue weighted by molar-refractivity contribution is 6.18. The van der Waals surface area contributed by atoms with Crippen LogP contribution in [0.5, 0.6) is 11.5 Å². The lowest BCUT2D eigenvalue weighted by molar-refractivity contribution is -0.146. The summed E-state index contributed by atoms with van der Waals surface area (Å²) in [5, 5.41) is 9.26. The molecular weight excluding hydrogens is 435 g/mol. The molecule has 0 fully saturated rings. The highest BCUT2D eigenvalue weighted by Gasteiger charge is 2.23. The third-order valence-corrected chi connectivity index (χ3v) is 5.06. The van der Waals surface area contributed by atoms with Crippen LogP contribution in [0.25, 0.3) is 0 Å². The second-order valence-corrected chi connectivity index (χ2v) is 7.80. The normalized spacial score (nSPS) is 12.8. The maximum Gasteiger partial charge on any atom is 0.303 e. The fraction of sp³-hybridized carbons (Fsp3) is 0.480. The Balaban J connectivity index is 0.00000249. The standard InChI is InChI=1S/C23H28ClFO5.C2H6/c1-16(26)30-22(12-24)15-29-21-10-6-18(7-11-21)23(2,3)17-4-8-20(9-5-17)28-14-19(27)13-25;1-2/h4-11,19,22,27H,12-15H2,1-3H3;1-2H3. The van der Waals surface area contributed by atoms with E-state index in [1.54, 1.807) is 12.1 Å². The van der Waals surface area contributed by atoms with E-state index in [2.05, 4.69) is 13.8 Å². The molecule has 0 amide bonds. The number of alkyl halides is 2. The van der Waals surface area contributed by atoms with Crippen molar-refractivity contribution < 1.29 is 28.5 Å². The maximum absolute atomic E-state index is 12.3. The summed E-state index contributed by atoms with van der Waals surface area (Å²) in [6.45, 7) is 8.82. The molecule has 2 aromatic carbocycles. The minimum Gasteiger partial charge on any atom is -0.491 e. The number of aliphatic hydroxyl groups is 1. The summed E-state index contributed by atoms with van der Waals surface area (Å²) >= 11 is 5.79. The van der Waals surface area contributed by atoms with Crippen molar-refractivity contribution >= 4 is 17.6 Å². The number of hydrogen-bond donors (Lipinski definition) is 1. The van der Waals surface area contributed by atoms with Crippen LogP contribution in [0.4, 0.5) is 4.39 Å². The molecule has 2 rings (SSSR count). The molecule has 178 valence electrons. The smallest absolute Gasteiger partial charge is 0.303 e. The molecule has 0 aliphatic rings. The van der Waals surface area contributed by atoms with E-state index in [-0.39, 0.29) is 24.5 Å². The lowest BCUT2D eigenvalue weighted by Gasteiger charge is -2.26. The van der Waals surface area contributed by atoms with Crippen LogP contribution in [0.3, 0.4) is 0 Å². The van der Waals surface area contributed by atoms with Crippen LogP contribution in [-0.2, 0) is 14.9 Å². The summed E-state index contributed by atoms with van der Waals surface area (Å²) < 4.78 is 28.4. The largest absolute Gasteiger partial charge is 0.491 e. The van der Waals surface area contributed by atoms with Gasteiger partial charge in [-0.25, -0.2) is 4.39 Å². The second kappa shape index (κ2) is 14.0. The second-order valence-electron chi connectivity index (χ2n) is 7.49. The summed E-state index contributed by atoms with van der Waals surface area (Å²) in [6.07, 6.45) is -1.61. The summed E-state index contributed by atoms with van der Waals surface area (Å²) in [5.41, 5.74) is 1.89. The van der Waals surface area contributed by atoms with Crippen molar-refractivity contribution in [2.75, 3.05) is 25.8 Å². The topological polar surface area (TPSA) is 65.0 Å². The zero-order valence-corrected chi connectivity index (χ0v) is 20.2. The molecule has 0 spiro atoms. The Hall–Kier alpha value is -2.31. The van der Waals surface area contributed by atoms with Crippen molar-refractivity contribution in [3.8, 4) is 11.5 Å². The van der Waals surface area contributed by atoms with Crippen LogP contribution in [0.2, 0.25) is 0 Å². The number of carbonyl (C=O) groups excluding carboxylic acids is 1. The van der Waals surface area contributed by atoms with E-state index < -0.39 is 24.9 Å². The fourth-order valence-corrected chi connectivity index (χ4v) is 3.03. The van der Waals surface area contributed by atoms with Gasteiger partial charge in [0.15, 0.2) is 0 Å². The lowest BCUT2D eigenvalue weighted by atomic mass is 9.78. The van der Waals surface area contributed by atoms with Gasteiger partial charge in [0.25, 0.3) is 0 Å². The van der Waals surface area contributed by atoms with Gasteiger partial charge in [0.1, 0.15) is 43.6 Å². The number of benzene rings is 2. The number of rotatable bonds is 11. The zero-order valence-electron chi connectivity index (χ0n) is 19.4. The van der Waals surface area contributed by atoms with Gasteiger partial charge in [0.05, 0.1) is 5.88 Å². The van der Waals surface area contributed by atoms with Crippen LogP contribution in [0.1, 0.15) is 45.7 Å². The Bertz CT molecular complexity index is 793. The van der Waals surface area contributed by atoms with Crippen LogP contribution in [0.15, 0.2) is 48.5 Å². The first kappa shape index (κ1) is 27.7. The first-order valence-corrected chi connectivity index (χ1v) is 11.2. The van der Waals surface area contributed by atoms with Gasteiger partial charge in [-0.1, -0.05) is 52.0 Å². The van der Waals surface area contributed by atoms with Crippen molar-refractivity contribution in [3.05, 3.63) is 59.7 Å². The Morgan fingerprint density at radius 2 is 1.41 bits per heavy atom. The molecule has 0 aromatic heterocycles. The van der Waals surface area contributed by atoms with Gasteiger partial charge in [-0.05, 0) is 35.4 Å². The van der Waals surface area contributed by atoms with Crippen molar-refractivity contribution in [2.45, 2.75) is 52.2 Å². The molecule has 1 N–H and O–H groups in total. The molecular formula is C25H34ClFO5. The van der Waals surface area contributed by atoms with Crippen LogP contribution in [0, 0.1) is 0 Å². The van der Waals surface area contributed by atoms with Gasteiger partial charge < -0.3 is 19.3 Å². The van der Waals surface area contributed by atoms with Crippen molar-refractivity contribution in [2.24, 2.45) is 0 Å². The number of hydrogen-bond acceptors (Lipinski definition) is 5. The monoisotopic (exact) mass is 468 g/mol. The van der Waals surface area contributed by atoms with E-state index in [0.717, 1.165) is 11.1 Å². The molecule has 7 heteroatoms. The average molecular weight is 469 g/mol. The quantitative estimate of drug-likeness (QED) is 0.358. The summed E-state index contributed by atoms with van der Waals surface area (Å²) in [6, 6.07) is 15.2. The average Bonchev–Trinajstić information content (AvgIpc) is 2.81. The van der Waals surface area contributed by atoms with Crippen molar-refractivity contribution in [1.82, 2.24) is 0 Å². The Morgan fingerprint density at radius 1 is 0.969 bits per heavy atom. The van der Waals surface area contributed by atoms with Gasteiger partial charge in [0.2, 0.25) is 0 Å². The molecule has 5 nitrogen and oxygen atoms in total. The molecule has 32 heavy (non-hydrogen) atoms. The Labute approximate surface area is 195 Å². The first-order chi connectivity index (χ1) is 15.3. The SMILES string of the molecule is CC.CC(=O)OC(CCl)COc1ccc(C(C)(C)c2ccc(OCC(O)CF)cc2)cc1.